The van der Waals surface area contributed by atoms with Gasteiger partial charge in [-0.25, -0.2) is 9.59 Å². The first-order valence-electron chi connectivity index (χ1n) is 7.74. The summed E-state index contributed by atoms with van der Waals surface area (Å²) in [4.78, 5) is 23.1. The Hall–Kier alpha value is -2.62. The molecule has 0 amide bonds. The van der Waals surface area contributed by atoms with Crippen LogP contribution in [0.25, 0.3) is 6.08 Å². The fourth-order valence-electron chi connectivity index (χ4n) is 2.69. The minimum absolute atomic E-state index is 0.0699. The molecule has 1 fully saturated rings. The van der Waals surface area contributed by atoms with E-state index in [2.05, 4.69) is 0 Å². The van der Waals surface area contributed by atoms with Crippen LogP contribution in [0, 0.1) is 0 Å². The maximum atomic E-state index is 11.9. The molecule has 0 aromatic heterocycles. The van der Waals surface area contributed by atoms with Crippen LogP contribution in [0.3, 0.4) is 0 Å². The summed E-state index contributed by atoms with van der Waals surface area (Å²) in [6, 6.07) is 4.36. The summed E-state index contributed by atoms with van der Waals surface area (Å²) >= 11 is 0. The predicted octanol–water partition coefficient (Wildman–Crippen LogP) is -0.343. The highest BCUT2D eigenvalue weighted by Crippen LogP contribution is 2.31. The first kappa shape index (κ1) is 19.7. The molecule has 0 heterocycles. The van der Waals surface area contributed by atoms with Crippen LogP contribution in [0.2, 0.25) is 0 Å². The molecule has 2 unspecified atom stereocenters. The number of carbonyl (C=O) groups is 2. The van der Waals surface area contributed by atoms with E-state index in [4.69, 9.17) is 14.6 Å². The Labute approximate surface area is 148 Å². The highest BCUT2D eigenvalue weighted by atomic mass is 16.6. The maximum absolute atomic E-state index is 11.9. The second-order valence-electron chi connectivity index (χ2n) is 6.04. The Bertz CT molecular complexity index is 714. The minimum Gasteiger partial charge on any atom is -0.504 e. The number of phenols is 1. The van der Waals surface area contributed by atoms with E-state index in [9.17, 15) is 30.0 Å². The fourth-order valence-corrected chi connectivity index (χ4v) is 2.69. The molecule has 5 N–H and O–H groups in total. The van der Waals surface area contributed by atoms with Gasteiger partial charge in [0.05, 0.1) is 13.2 Å². The van der Waals surface area contributed by atoms with Crippen molar-refractivity contribution in [2.24, 2.45) is 0 Å². The summed E-state index contributed by atoms with van der Waals surface area (Å²) < 4.78 is 9.92. The molecule has 1 aliphatic rings. The van der Waals surface area contributed by atoms with E-state index >= 15 is 0 Å². The van der Waals surface area contributed by atoms with Gasteiger partial charge in [-0.05, 0) is 23.8 Å². The van der Waals surface area contributed by atoms with Crippen LogP contribution in [0.15, 0.2) is 24.3 Å². The summed E-state index contributed by atoms with van der Waals surface area (Å²) in [6.07, 6.45) is -3.17. The lowest BCUT2D eigenvalue weighted by Gasteiger charge is -2.39. The van der Waals surface area contributed by atoms with Gasteiger partial charge in [0.25, 0.3) is 0 Å². The van der Waals surface area contributed by atoms with Gasteiger partial charge in [0.2, 0.25) is 0 Å². The zero-order valence-electron chi connectivity index (χ0n) is 13.9. The average Bonchev–Trinajstić information content (AvgIpc) is 2.58. The van der Waals surface area contributed by atoms with E-state index in [0.29, 0.717) is 5.56 Å². The van der Waals surface area contributed by atoms with Crippen LogP contribution in [0.5, 0.6) is 11.5 Å². The number of hydrogen-bond acceptors (Lipinski definition) is 8. The quantitative estimate of drug-likeness (QED) is 0.347. The lowest BCUT2D eigenvalue weighted by atomic mass is 9.79. The second-order valence-corrected chi connectivity index (χ2v) is 6.04. The standard InChI is InChI=1S/C17H20O9/c1-25-12-6-9(2-4-10(12)18)3-5-14(20)26-13-8-17(24,16(22)23)7-11(19)15(13)21/h2-6,11,13,15,18-19,21,24H,7-8H2,1H3,(H,22,23)/b5-3+/t11?,13-,15?,17+/m1/s1. The number of esters is 1. The van der Waals surface area contributed by atoms with Crippen LogP contribution in [0.4, 0.5) is 0 Å². The Kier molecular flexibility index (Phi) is 5.86. The monoisotopic (exact) mass is 368 g/mol. The van der Waals surface area contributed by atoms with E-state index in [0.717, 1.165) is 6.08 Å². The van der Waals surface area contributed by atoms with Crippen LogP contribution >= 0.6 is 0 Å². The zero-order valence-corrected chi connectivity index (χ0v) is 13.9. The molecule has 1 aliphatic carbocycles. The number of benzene rings is 1. The third kappa shape index (κ3) is 4.31. The molecule has 0 aliphatic heterocycles. The second kappa shape index (κ2) is 7.73. The van der Waals surface area contributed by atoms with Crippen molar-refractivity contribution in [1.29, 1.82) is 0 Å². The fraction of sp³-hybridized carbons (Fsp3) is 0.412. The van der Waals surface area contributed by atoms with E-state index in [1.807, 2.05) is 0 Å². The van der Waals surface area contributed by atoms with Crippen molar-refractivity contribution >= 4 is 18.0 Å². The maximum Gasteiger partial charge on any atom is 0.335 e. The molecule has 0 bridgehead atoms. The van der Waals surface area contributed by atoms with Crippen molar-refractivity contribution in [3.8, 4) is 11.5 Å². The molecule has 9 nitrogen and oxygen atoms in total. The van der Waals surface area contributed by atoms with Gasteiger partial charge >= 0.3 is 11.9 Å². The number of hydrogen-bond donors (Lipinski definition) is 5. The normalized spacial score (nSPS) is 28.7. The van der Waals surface area contributed by atoms with Crippen LogP contribution in [0.1, 0.15) is 18.4 Å². The molecule has 4 atom stereocenters. The third-order valence-electron chi connectivity index (χ3n) is 4.14. The molecule has 142 valence electrons. The van der Waals surface area contributed by atoms with Gasteiger partial charge < -0.3 is 35.0 Å². The van der Waals surface area contributed by atoms with Crippen molar-refractivity contribution in [3.05, 3.63) is 29.8 Å². The minimum atomic E-state index is -2.29. The number of carbonyl (C=O) groups excluding carboxylic acids is 1. The number of aliphatic hydroxyl groups is 3. The van der Waals surface area contributed by atoms with Gasteiger partial charge in [-0.1, -0.05) is 6.07 Å². The Morgan fingerprint density at radius 1 is 1.27 bits per heavy atom. The summed E-state index contributed by atoms with van der Waals surface area (Å²) in [6.45, 7) is 0. The molecule has 1 aromatic carbocycles. The van der Waals surface area contributed by atoms with Gasteiger partial charge in [0.1, 0.15) is 12.2 Å². The molecule has 0 spiro atoms. The van der Waals surface area contributed by atoms with Gasteiger partial charge in [-0.15, -0.1) is 0 Å². The average molecular weight is 368 g/mol. The first-order valence-corrected chi connectivity index (χ1v) is 7.74. The van der Waals surface area contributed by atoms with Gasteiger partial charge in [0.15, 0.2) is 17.1 Å². The number of methoxy groups -OCH3 is 1. The topological polar surface area (TPSA) is 154 Å². The van der Waals surface area contributed by atoms with Crippen LogP contribution < -0.4 is 4.74 Å². The Morgan fingerprint density at radius 2 is 1.96 bits per heavy atom. The van der Waals surface area contributed by atoms with Crippen molar-refractivity contribution < 1.29 is 44.6 Å². The highest BCUT2D eigenvalue weighted by Gasteiger charge is 2.50. The highest BCUT2D eigenvalue weighted by molar-refractivity contribution is 5.87. The van der Waals surface area contributed by atoms with Gasteiger partial charge in [0, 0.05) is 18.9 Å². The zero-order chi connectivity index (χ0) is 19.5. The number of rotatable bonds is 5. The van der Waals surface area contributed by atoms with Crippen molar-refractivity contribution in [2.45, 2.75) is 36.8 Å². The Balaban J connectivity index is 2.07. The molecular formula is C17H20O9. The van der Waals surface area contributed by atoms with E-state index in [1.165, 1.54) is 31.4 Å². The molecular weight excluding hydrogens is 348 g/mol. The third-order valence-corrected chi connectivity index (χ3v) is 4.14. The molecule has 0 saturated heterocycles. The van der Waals surface area contributed by atoms with Crippen molar-refractivity contribution in [3.63, 3.8) is 0 Å². The molecule has 2 rings (SSSR count). The predicted molar refractivity (Wildman–Crippen MR) is 87.4 cm³/mol. The van der Waals surface area contributed by atoms with E-state index in [-0.39, 0.29) is 11.5 Å². The molecule has 1 aromatic rings. The SMILES string of the molecule is COc1cc(/C=C/C(=O)O[C@@H]2C[C@](O)(C(=O)O)CC(O)C2O)ccc1O. The van der Waals surface area contributed by atoms with E-state index in [1.54, 1.807) is 0 Å². The van der Waals surface area contributed by atoms with Gasteiger partial charge in [-0.2, -0.15) is 0 Å². The summed E-state index contributed by atoms with van der Waals surface area (Å²) in [5.74, 6) is -2.34. The number of carboxylic acids is 1. The number of aromatic hydroxyl groups is 1. The number of ether oxygens (including phenoxy) is 2. The molecule has 1 saturated carbocycles. The lowest BCUT2D eigenvalue weighted by molar-refractivity contribution is -0.196. The number of phenolic OH excluding ortho intramolecular Hbond substituents is 1. The van der Waals surface area contributed by atoms with E-state index < -0.39 is 48.7 Å². The van der Waals surface area contributed by atoms with Crippen molar-refractivity contribution in [2.75, 3.05) is 7.11 Å². The van der Waals surface area contributed by atoms with Gasteiger partial charge in [-0.3, -0.25) is 0 Å². The molecule has 26 heavy (non-hydrogen) atoms. The number of carboxylic acid groups (broad SMARTS) is 1. The summed E-state index contributed by atoms with van der Waals surface area (Å²) in [5.41, 5.74) is -1.78. The lowest BCUT2D eigenvalue weighted by Crippen LogP contribution is -2.57. The number of aliphatic hydroxyl groups excluding tert-OH is 2. The smallest absolute Gasteiger partial charge is 0.335 e. The first-order chi connectivity index (χ1) is 12.2. The summed E-state index contributed by atoms with van der Waals surface area (Å²) in [7, 11) is 1.37. The number of aliphatic carboxylic acids is 1. The Morgan fingerprint density at radius 3 is 2.58 bits per heavy atom. The van der Waals surface area contributed by atoms with Crippen LogP contribution in [-0.2, 0) is 14.3 Å². The summed E-state index contributed by atoms with van der Waals surface area (Å²) in [5, 5.41) is 48.2. The largest absolute Gasteiger partial charge is 0.504 e. The van der Waals surface area contributed by atoms with Crippen LogP contribution in [-0.4, -0.2) is 68.5 Å². The molecule has 0 radical (unpaired) electrons. The van der Waals surface area contributed by atoms with Crippen molar-refractivity contribution in [1.82, 2.24) is 0 Å². The molecule has 9 heteroatoms.